The summed E-state index contributed by atoms with van der Waals surface area (Å²) in [5.74, 6) is -2.40. The predicted octanol–water partition coefficient (Wildman–Crippen LogP) is 5.76. The van der Waals surface area contributed by atoms with Crippen LogP contribution in [-0.2, 0) is 16.1 Å². The summed E-state index contributed by atoms with van der Waals surface area (Å²) in [6, 6.07) is 24.9. The third-order valence-corrected chi connectivity index (χ3v) is 6.83. The quantitative estimate of drug-likeness (QED) is 0.195. The molecule has 2 unspecified atom stereocenters. The van der Waals surface area contributed by atoms with Gasteiger partial charge in [-0.3, -0.25) is 14.7 Å². The van der Waals surface area contributed by atoms with Gasteiger partial charge in [0.15, 0.2) is 6.23 Å². The molecule has 10 heteroatoms. The fraction of sp³-hybridized carbons (Fsp3) is 0.258. The normalized spacial score (nSPS) is 12.9. The van der Waals surface area contributed by atoms with E-state index in [4.69, 9.17) is 9.47 Å². The number of nitriles is 1. The van der Waals surface area contributed by atoms with E-state index in [0.717, 1.165) is 0 Å². The zero-order chi connectivity index (χ0) is 29.6. The number of fused-ring (bicyclic) bond motifs is 1. The fourth-order valence-electron chi connectivity index (χ4n) is 4.87. The molecular weight excluding hydrogens is 535 g/mol. The molecule has 1 heterocycles. The van der Waals surface area contributed by atoms with Crippen molar-refractivity contribution in [1.29, 1.82) is 5.26 Å². The molecule has 0 aliphatic rings. The Kier molecular flexibility index (Phi) is 9.10. The van der Waals surface area contributed by atoms with Crippen molar-refractivity contribution in [1.82, 2.24) is 9.88 Å². The summed E-state index contributed by atoms with van der Waals surface area (Å²) in [4.78, 5) is 25.4. The van der Waals surface area contributed by atoms with Gasteiger partial charge in [0.25, 0.3) is 5.56 Å². The largest absolute Gasteiger partial charge is 0.497 e. The second kappa shape index (κ2) is 12.7. The van der Waals surface area contributed by atoms with Crippen molar-refractivity contribution in [2.45, 2.75) is 38.2 Å². The number of benzene rings is 3. The number of rotatable bonds is 10. The lowest BCUT2D eigenvalue weighted by atomic mass is 9.94. The number of hydrogen-bond acceptors (Lipinski definition) is 6. The molecule has 41 heavy (non-hydrogen) atoms. The van der Waals surface area contributed by atoms with Crippen molar-refractivity contribution < 1.29 is 27.4 Å². The summed E-state index contributed by atoms with van der Waals surface area (Å²) in [6.45, 7) is 1.63. The van der Waals surface area contributed by atoms with E-state index in [9.17, 15) is 28.0 Å². The smallest absolute Gasteiger partial charge is 0.490 e. The van der Waals surface area contributed by atoms with E-state index in [2.05, 4.69) is 11.4 Å². The highest BCUT2D eigenvalue weighted by molar-refractivity contribution is 5.99. The number of halogens is 3. The number of methoxy groups -OCH3 is 1. The average Bonchev–Trinajstić information content (AvgIpc) is 2.98. The van der Waals surface area contributed by atoms with Crippen LogP contribution in [0.25, 0.3) is 21.9 Å². The van der Waals surface area contributed by atoms with Crippen molar-refractivity contribution in [3.05, 3.63) is 100 Å². The average molecular weight is 564 g/mol. The second-order valence-electron chi connectivity index (χ2n) is 9.27. The summed E-state index contributed by atoms with van der Waals surface area (Å²) in [5.41, 5.74) is 1.55. The monoisotopic (exact) mass is 563 g/mol. The van der Waals surface area contributed by atoms with Gasteiger partial charge in [-0.05, 0) is 35.7 Å². The summed E-state index contributed by atoms with van der Waals surface area (Å²) >= 11 is 0. The molecule has 1 aromatic heterocycles. The lowest BCUT2D eigenvalue weighted by molar-refractivity contribution is -0.207. The molecule has 0 bridgehead atoms. The van der Waals surface area contributed by atoms with Gasteiger partial charge in [-0.2, -0.15) is 18.4 Å². The van der Waals surface area contributed by atoms with Gasteiger partial charge >= 0.3 is 12.1 Å². The third-order valence-electron chi connectivity index (χ3n) is 6.83. The molecule has 0 amide bonds. The highest BCUT2D eigenvalue weighted by Crippen LogP contribution is 2.33. The molecule has 7 nitrogen and oxygen atoms in total. The van der Waals surface area contributed by atoms with Crippen LogP contribution >= 0.6 is 0 Å². The zero-order valence-electron chi connectivity index (χ0n) is 22.4. The maximum Gasteiger partial charge on any atom is 0.490 e. The van der Waals surface area contributed by atoms with E-state index in [1.54, 1.807) is 55.5 Å². The molecule has 0 aliphatic heterocycles. The minimum Gasteiger partial charge on any atom is -0.497 e. The molecule has 0 aliphatic carbocycles. The number of hydrogen-bond donors (Lipinski definition) is 1. The maximum atomic E-state index is 13.6. The number of aromatic nitrogens is 1. The molecule has 2 atom stereocenters. The SMILES string of the molecule is CCC(c1ccccc1)C(NCCn1c(C#N)c(-c2ccccc2)c2cc(OC)ccc2c1=O)OC(=O)C(F)(F)F. The van der Waals surface area contributed by atoms with Gasteiger partial charge in [0.1, 0.15) is 17.5 Å². The second-order valence-corrected chi connectivity index (χ2v) is 9.27. The Morgan fingerprint density at radius 1 is 1.02 bits per heavy atom. The molecule has 212 valence electrons. The van der Waals surface area contributed by atoms with Crippen LogP contribution in [0.3, 0.4) is 0 Å². The number of ether oxygens (including phenoxy) is 2. The van der Waals surface area contributed by atoms with Gasteiger partial charge in [-0.25, -0.2) is 4.79 Å². The van der Waals surface area contributed by atoms with Crippen molar-refractivity contribution in [3.63, 3.8) is 0 Å². The highest BCUT2D eigenvalue weighted by Gasteiger charge is 2.43. The number of nitrogens with one attached hydrogen (secondary N) is 1. The first-order valence-corrected chi connectivity index (χ1v) is 13.0. The molecule has 3 aromatic carbocycles. The van der Waals surface area contributed by atoms with E-state index in [0.29, 0.717) is 39.6 Å². The first-order valence-electron chi connectivity index (χ1n) is 13.0. The maximum absolute atomic E-state index is 13.6. The van der Waals surface area contributed by atoms with Crippen molar-refractivity contribution in [3.8, 4) is 22.9 Å². The zero-order valence-corrected chi connectivity index (χ0v) is 22.4. The number of alkyl halides is 3. The van der Waals surface area contributed by atoms with Gasteiger partial charge in [-0.15, -0.1) is 0 Å². The van der Waals surface area contributed by atoms with Crippen LogP contribution in [0.15, 0.2) is 83.7 Å². The van der Waals surface area contributed by atoms with Crippen molar-refractivity contribution >= 4 is 16.7 Å². The summed E-state index contributed by atoms with van der Waals surface area (Å²) < 4.78 is 50.9. The number of nitrogens with zero attached hydrogens (tertiary/aromatic N) is 2. The first-order chi connectivity index (χ1) is 19.7. The van der Waals surface area contributed by atoms with Gasteiger partial charge in [-0.1, -0.05) is 67.6 Å². The molecule has 4 aromatic rings. The Balaban J connectivity index is 1.74. The van der Waals surface area contributed by atoms with E-state index in [1.807, 2.05) is 30.3 Å². The van der Waals surface area contributed by atoms with Crippen LogP contribution in [0.4, 0.5) is 13.2 Å². The van der Waals surface area contributed by atoms with Gasteiger partial charge in [0, 0.05) is 35.3 Å². The van der Waals surface area contributed by atoms with Crippen molar-refractivity contribution in [2.75, 3.05) is 13.7 Å². The third kappa shape index (κ3) is 6.42. The number of pyridine rings is 1. The molecule has 0 saturated carbocycles. The highest BCUT2D eigenvalue weighted by atomic mass is 19.4. The fourth-order valence-corrected chi connectivity index (χ4v) is 4.87. The molecule has 0 radical (unpaired) electrons. The van der Waals surface area contributed by atoms with Crippen LogP contribution in [0.2, 0.25) is 0 Å². The molecule has 1 N–H and O–H groups in total. The predicted molar refractivity (Wildman–Crippen MR) is 148 cm³/mol. The lowest BCUT2D eigenvalue weighted by Gasteiger charge is -2.28. The minimum absolute atomic E-state index is 0.0659. The number of carbonyl (C=O) groups excluding carboxylic acids is 1. The van der Waals surface area contributed by atoms with Crippen LogP contribution < -0.4 is 15.6 Å². The van der Waals surface area contributed by atoms with E-state index in [-0.39, 0.29) is 18.8 Å². The summed E-state index contributed by atoms with van der Waals surface area (Å²) in [5, 5.41) is 14.0. The Hall–Kier alpha value is -4.62. The van der Waals surface area contributed by atoms with Gasteiger partial charge < -0.3 is 9.47 Å². The van der Waals surface area contributed by atoms with Crippen LogP contribution in [-0.4, -0.2) is 36.6 Å². The van der Waals surface area contributed by atoms with Gasteiger partial charge in [0.2, 0.25) is 0 Å². The number of esters is 1. The summed E-state index contributed by atoms with van der Waals surface area (Å²) in [6.07, 6.45) is -6.15. The molecule has 4 rings (SSSR count). The molecule has 0 spiro atoms. The van der Waals surface area contributed by atoms with Crippen LogP contribution in [0, 0.1) is 11.3 Å². The Bertz CT molecular complexity index is 1610. The summed E-state index contributed by atoms with van der Waals surface area (Å²) in [7, 11) is 1.50. The molecular formula is C31H28F3N3O4. The van der Waals surface area contributed by atoms with Crippen LogP contribution in [0.5, 0.6) is 5.75 Å². The standard InChI is InChI=1S/C31H28F3N3O4/c1-3-23(20-10-6-4-7-11-20)28(41-30(39)31(32,33)34)36-16-17-37-26(19-35)27(21-12-8-5-9-13-21)25-18-22(40-2)14-15-24(25)29(37)38/h4-15,18,23,28,36H,3,16-17H2,1-2H3. The Morgan fingerprint density at radius 2 is 1.68 bits per heavy atom. The van der Waals surface area contributed by atoms with E-state index >= 15 is 0 Å². The Labute approximate surface area is 234 Å². The number of carbonyl (C=O) groups is 1. The lowest BCUT2D eigenvalue weighted by Crippen LogP contribution is -2.44. The molecule has 0 saturated heterocycles. The molecule has 0 fully saturated rings. The topological polar surface area (TPSA) is 93.4 Å². The van der Waals surface area contributed by atoms with E-state index in [1.165, 1.54) is 11.7 Å². The van der Waals surface area contributed by atoms with Gasteiger partial charge in [0.05, 0.1) is 7.11 Å². The van der Waals surface area contributed by atoms with Crippen LogP contribution in [0.1, 0.15) is 30.5 Å². The minimum atomic E-state index is -5.18. The van der Waals surface area contributed by atoms with Crippen molar-refractivity contribution in [2.24, 2.45) is 0 Å². The van der Waals surface area contributed by atoms with E-state index < -0.39 is 29.9 Å². The Morgan fingerprint density at radius 3 is 2.27 bits per heavy atom. The first kappa shape index (κ1) is 29.4.